The molecule has 6 nitrogen and oxygen atoms in total. The molecule has 11 aromatic rings. The average Bonchev–Trinajstić information content (AvgIpc) is 4.04. The van der Waals surface area contributed by atoms with Gasteiger partial charge in [0.05, 0.1) is 11.0 Å². The molecule has 354 valence electrons. The molecule has 0 amide bonds. The molecule has 3 aromatic heterocycles. The first kappa shape index (κ1) is 46.0. The van der Waals surface area contributed by atoms with Crippen LogP contribution in [0.25, 0.3) is 66.2 Å². The number of hydrogen-bond donors (Lipinski definition) is 0. The molecule has 7 heteroatoms. The van der Waals surface area contributed by atoms with Crippen LogP contribution in [0.15, 0.2) is 182 Å². The van der Waals surface area contributed by atoms with E-state index in [-0.39, 0.29) is 26.5 Å². The normalized spacial score (nSPS) is 12.7. The molecule has 1 aliphatic heterocycles. The molecule has 0 saturated heterocycles. The van der Waals surface area contributed by atoms with E-state index >= 15 is 0 Å². The molecule has 12 rings (SSSR count). The zero-order chi connectivity index (χ0) is 47.8. The van der Waals surface area contributed by atoms with Crippen LogP contribution in [-0.2, 0) is 26.5 Å². The summed E-state index contributed by atoms with van der Waals surface area (Å²) in [5, 5.41) is 4.59. The van der Waals surface area contributed by atoms with Crippen molar-refractivity contribution in [1.82, 2.24) is 14.1 Å². The minimum absolute atomic E-state index is 0. The van der Waals surface area contributed by atoms with Crippen LogP contribution in [-0.4, -0.2) is 14.1 Å². The first-order valence-corrected chi connectivity index (χ1v) is 24.4. The Hall–Kier alpha value is -7.40. The molecule has 0 radical (unpaired) electrons. The molecule has 4 heterocycles. The molecule has 0 aliphatic carbocycles. The van der Waals surface area contributed by atoms with Crippen molar-refractivity contribution in [3.05, 3.63) is 218 Å². The number of nitrogens with zero attached hydrogens (tertiary/aromatic N) is 5. The summed E-state index contributed by atoms with van der Waals surface area (Å²) in [6.45, 7) is 18.1. The number of aromatic nitrogens is 3. The van der Waals surface area contributed by atoms with Gasteiger partial charge in [0.15, 0.2) is 0 Å². The van der Waals surface area contributed by atoms with Gasteiger partial charge in [0, 0.05) is 72.1 Å². The second kappa shape index (κ2) is 18.1. The third-order valence-corrected chi connectivity index (χ3v) is 13.9. The zero-order valence-electron chi connectivity index (χ0n) is 41.0. The average molecular weight is 1100 g/mol. The summed E-state index contributed by atoms with van der Waals surface area (Å²) in [6, 6.07) is 70.4. The van der Waals surface area contributed by atoms with Gasteiger partial charge in [-0.25, -0.2) is 4.98 Å². The second-order valence-corrected chi connectivity index (χ2v) is 20.2. The predicted octanol–water partition coefficient (Wildman–Crippen LogP) is 17.3. The van der Waals surface area contributed by atoms with E-state index in [9.17, 15) is 0 Å². The maximum absolute atomic E-state index is 7.03. The topological polar surface area (TPSA) is 38.5 Å². The number of hydrogen-bond acceptors (Lipinski definition) is 4. The van der Waals surface area contributed by atoms with Crippen LogP contribution in [0.5, 0.6) is 11.5 Å². The second-order valence-electron chi connectivity index (χ2n) is 20.2. The standard InChI is InChI=1S/C64H54N5O.Pt/c1-41(2)50-23-17-24-51(42(3)4)63(50)43-18-16-19-45(34-43)66-40-67(60-29-15-14-28-59(60)66)46-36-47(68-56-25-11-8-20-52(56)53-21-9-12-26-57(53)68)38-49(37-46)70-48-30-31-55-54-22-10-13-27-58(54)69(61(55)39-48)62-35-44(32-33-65-62)64(5,6)7;/h8-36,38,40-42H,1-7H3;/q-3;. The van der Waals surface area contributed by atoms with Crippen LogP contribution in [0, 0.1) is 18.8 Å². The molecule has 0 atom stereocenters. The van der Waals surface area contributed by atoms with Gasteiger partial charge in [0.25, 0.3) is 0 Å². The van der Waals surface area contributed by atoms with E-state index in [0.29, 0.717) is 23.3 Å². The maximum atomic E-state index is 7.03. The first-order chi connectivity index (χ1) is 34.0. The zero-order valence-corrected chi connectivity index (χ0v) is 43.3. The number of pyridine rings is 1. The largest absolute Gasteiger partial charge is 0.509 e. The van der Waals surface area contributed by atoms with Gasteiger partial charge < -0.3 is 23.7 Å². The van der Waals surface area contributed by atoms with Crippen LogP contribution < -0.4 is 14.5 Å². The molecule has 0 saturated carbocycles. The summed E-state index contributed by atoms with van der Waals surface area (Å²) in [7, 11) is 0. The predicted molar refractivity (Wildman–Crippen MR) is 291 cm³/mol. The van der Waals surface area contributed by atoms with Gasteiger partial charge in [0.2, 0.25) is 0 Å². The molecule has 8 aromatic carbocycles. The van der Waals surface area contributed by atoms with E-state index in [0.717, 1.165) is 67.1 Å². The van der Waals surface area contributed by atoms with Gasteiger partial charge in [-0.2, -0.15) is 6.07 Å². The van der Waals surface area contributed by atoms with E-state index in [1.165, 1.54) is 38.6 Å². The smallest absolute Gasteiger partial charge is 0.135 e. The van der Waals surface area contributed by atoms with Crippen molar-refractivity contribution in [2.75, 3.05) is 9.80 Å². The fourth-order valence-electron chi connectivity index (χ4n) is 10.5. The van der Waals surface area contributed by atoms with Crippen LogP contribution in [0.2, 0.25) is 0 Å². The number of para-hydroxylation sites is 5. The van der Waals surface area contributed by atoms with Crippen LogP contribution >= 0.6 is 0 Å². The third kappa shape index (κ3) is 7.99. The Morgan fingerprint density at radius 2 is 1.11 bits per heavy atom. The van der Waals surface area contributed by atoms with Crippen molar-refractivity contribution in [2.45, 2.75) is 65.7 Å². The number of fused-ring (bicyclic) bond motifs is 7. The number of ether oxygens (including phenoxy) is 1. The molecule has 71 heavy (non-hydrogen) atoms. The molecule has 1 aliphatic rings. The third-order valence-electron chi connectivity index (χ3n) is 13.9. The van der Waals surface area contributed by atoms with Crippen molar-refractivity contribution in [1.29, 1.82) is 0 Å². The van der Waals surface area contributed by atoms with Crippen molar-refractivity contribution >= 4 is 66.4 Å². The molecule has 0 fully saturated rings. The van der Waals surface area contributed by atoms with Gasteiger partial charge >= 0.3 is 0 Å². The van der Waals surface area contributed by atoms with Gasteiger partial charge in [0.1, 0.15) is 5.82 Å². The van der Waals surface area contributed by atoms with E-state index < -0.39 is 0 Å². The summed E-state index contributed by atoms with van der Waals surface area (Å²) < 4.78 is 11.6. The molecule has 0 unspecified atom stereocenters. The van der Waals surface area contributed by atoms with E-state index in [1.807, 2.05) is 12.3 Å². The van der Waals surface area contributed by atoms with Gasteiger partial charge in [-0.3, -0.25) is 0 Å². The molecular formula is C64H54N5OPt-3. The van der Waals surface area contributed by atoms with Crippen LogP contribution in [0.1, 0.15) is 77.0 Å². The monoisotopic (exact) mass is 1100 g/mol. The van der Waals surface area contributed by atoms with Gasteiger partial charge in [-0.05, 0) is 105 Å². The van der Waals surface area contributed by atoms with Crippen molar-refractivity contribution in [3.8, 4) is 34.1 Å². The van der Waals surface area contributed by atoms with E-state index in [1.54, 1.807) is 0 Å². The van der Waals surface area contributed by atoms with Crippen molar-refractivity contribution in [2.24, 2.45) is 0 Å². The summed E-state index contributed by atoms with van der Waals surface area (Å²) >= 11 is 0. The Morgan fingerprint density at radius 3 is 1.76 bits per heavy atom. The Kier molecular flexibility index (Phi) is 11.7. The maximum Gasteiger partial charge on any atom is 0.135 e. The summed E-state index contributed by atoms with van der Waals surface area (Å²) in [5.74, 6) is 2.76. The van der Waals surface area contributed by atoms with Crippen molar-refractivity contribution < 1.29 is 25.8 Å². The molecule has 0 N–H and O–H groups in total. The molecular weight excluding hydrogens is 1050 g/mol. The fourth-order valence-corrected chi connectivity index (χ4v) is 10.5. The number of anilines is 4. The Labute approximate surface area is 431 Å². The SMILES string of the molecule is CC(C)c1cccc(C(C)C)c1-c1cccc(N2[CH-]N(c3[c-]c(Oc4[c-]c5c(cc4)c4ccccc4n5-c4cc(C(C)(C)C)ccn4)cc(-n4c5ccccc5c5ccccc54)c3)c3ccccc32)c1.[Pt]. The van der Waals surface area contributed by atoms with Gasteiger partial charge in [-0.1, -0.05) is 162 Å². The molecule has 0 spiro atoms. The Balaban J connectivity index is 0.00000547. The number of rotatable bonds is 9. The Morgan fingerprint density at radius 1 is 0.521 bits per heavy atom. The number of benzene rings is 8. The van der Waals surface area contributed by atoms with Gasteiger partial charge in [-0.15, -0.1) is 42.4 Å². The minimum Gasteiger partial charge on any atom is -0.509 e. The van der Waals surface area contributed by atoms with Crippen molar-refractivity contribution in [3.63, 3.8) is 0 Å². The fraction of sp³-hybridized carbons (Fsp3) is 0.156. The summed E-state index contributed by atoms with van der Waals surface area (Å²) in [4.78, 5) is 9.47. The minimum atomic E-state index is -0.0467. The van der Waals surface area contributed by atoms with Crippen LogP contribution in [0.3, 0.4) is 0 Å². The summed E-state index contributed by atoms with van der Waals surface area (Å²) in [6.07, 6.45) is 1.91. The quantitative estimate of drug-likeness (QED) is 0.135. The van der Waals surface area contributed by atoms with E-state index in [2.05, 4.69) is 256 Å². The van der Waals surface area contributed by atoms with E-state index in [4.69, 9.17) is 9.72 Å². The molecule has 0 bridgehead atoms. The van der Waals surface area contributed by atoms with Crippen LogP contribution in [0.4, 0.5) is 22.7 Å². The first-order valence-electron chi connectivity index (χ1n) is 24.4. The Bertz CT molecular complexity index is 3740. The summed E-state index contributed by atoms with van der Waals surface area (Å²) in [5.41, 5.74) is 15.6.